The summed E-state index contributed by atoms with van der Waals surface area (Å²) in [5.41, 5.74) is 7.33. The maximum atomic E-state index is 12.2. The molecule has 2 aromatic rings. The molecule has 1 atom stereocenters. The molecule has 0 aliphatic carbocycles. The lowest BCUT2D eigenvalue weighted by Crippen LogP contribution is -2.09. The van der Waals surface area contributed by atoms with E-state index in [-0.39, 0.29) is 0 Å². The van der Waals surface area contributed by atoms with Gasteiger partial charge in [-0.15, -0.1) is 0 Å². The Kier molecular flexibility index (Phi) is 4.58. The number of anilines is 1. The van der Waals surface area contributed by atoms with Gasteiger partial charge in [-0.05, 0) is 42.8 Å². The Bertz CT molecular complexity index is 570. The summed E-state index contributed by atoms with van der Waals surface area (Å²) >= 11 is 0. The van der Waals surface area contributed by atoms with Gasteiger partial charge < -0.3 is 10.5 Å². The van der Waals surface area contributed by atoms with E-state index >= 15 is 0 Å². The average Bonchev–Trinajstić information content (AvgIpc) is 2.39. The lowest BCUT2D eigenvalue weighted by molar-refractivity contribution is 0.342. The molecule has 0 bridgehead atoms. The number of nitrogens with two attached hydrogens (primary N) is 1. The van der Waals surface area contributed by atoms with E-state index in [9.17, 15) is 4.21 Å². The molecular weight excluding hydrogens is 258 g/mol. The highest BCUT2D eigenvalue weighted by atomic mass is 32.2. The third-order valence-corrected chi connectivity index (χ3v) is 4.21. The largest absolute Gasteiger partial charge is 0.493 e. The highest BCUT2D eigenvalue weighted by Gasteiger charge is 2.07. The number of aryl methyl sites for hydroxylation is 1. The van der Waals surface area contributed by atoms with Gasteiger partial charge in [0.15, 0.2) is 0 Å². The molecule has 2 N–H and O–H groups in total. The van der Waals surface area contributed by atoms with E-state index in [1.165, 1.54) is 0 Å². The quantitative estimate of drug-likeness (QED) is 0.854. The van der Waals surface area contributed by atoms with E-state index in [0.29, 0.717) is 18.0 Å². The van der Waals surface area contributed by atoms with E-state index in [0.717, 1.165) is 16.2 Å². The Labute approximate surface area is 115 Å². The van der Waals surface area contributed by atoms with Crippen molar-refractivity contribution in [1.82, 2.24) is 0 Å². The van der Waals surface area contributed by atoms with Crippen LogP contribution in [0, 0.1) is 6.92 Å². The minimum Gasteiger partial charge on any atom is -0.493 e. The first-order valence-electron chi connectivity index (χ1n) is 6.09. The molecule has 0 heterocycles. The van der Waals surface area contributed by atoms with Crippen LogP contribution in [-0.2, 0) is 10.8 Å². The topological polar surface area (TPSA) is 52.3 Å². The number of para-hydroxylation sites is 1. The standard InChI is InChI=1S/C15H17NO2S/c1-12-11-13(16)7-8-15(12)19(17)10-9-18-14-5-3-2-4-6-14/h2-8,11H,9-10,16H2,1H3. The van der Waals surface area contributed by atoms with Gasteiger partial charge in [0.05, 0.1) is 16.6 Å². The molecule has 19 heavy (non-hydrogen) atoms. The third-order valence-electron chi connectivity index (χ3n) is 2.72. The Hall–Kier alpha value is -1.81. The fourth-order valence-electron chi connectivity index (χ4n) is 1.79. The van der Waals surface area contributed by atoms with Crippen LogP contribution in [-0.4, -0.2) is 16.6 Å². The van der Waals surface area contributed by atoms with E-state index < -0.39 is 10.8 Å². The molecule has 4 heteroatoms. The number of hydrogen-bond donors (Lipinski definition) is 1. The molecule has 0 aliphatic heterocycles. The molecule has 0 aliphatic rings. The van der Waals surface area contributed by atoms with Crippen molar-refractivity contribution in [2.24, 2.45) is 0 Å². The van der Waals surface area contributed by atoms with Gasteiger partial charge in [-0.25, -0.2) is 0 Å². The van der Waals surface area contributed by atoms with E-state index in [2.05, 4.69) is 0 Å². The van der Waals surface area contributed by atoms with Crippen molar-refractivity contribution >= 4 is 16.5 Å². The Balaban J connectivity index is 1.91. The van der Waals surface area contributed by atoms with Gasteiger partial charge in [0.25, 0.3) is 0 Å². The molecule has 0 aromatic heterocycles. The van der Waals surface area contributed by atoms with Gasteiger partial charge in [0.1, 0.15) is 12.4 Å². The zero-order valence-corrected chi connectivity index (χ0v) is 11.7. The normalized spacial score (nSPS) is 12.1. The van der Waals surface area contributed by atoms with Crippen molar-refractivity contribution < 1.29 is 8.95 Å². The number of nitrogen functional groups attached to an aromatic ring is 1. The van der Waals surface area contributed by atoms with E-state index in [1.54, 1.807) is 6.07 Å². The molecular formula is C15H17NO2S. The average molecular weight is 275 g/mol. The first kappa shape index (κ1) is 13.6. The second-order valence-electron chi connectivity index (χ2n) is 4.24. The molecule has 0 amide bonds. The summed E-state index contributed by atoms with van der Waals surface area (Å²) in [4.78, 5) is 0.825. The van der Waals surface area contributed by atoms with Crippen molar-refractivity contribution in [3.8, 4) is 5.75 Å². The first-order chi connectivity index (χ1) is 9.16. The molecule has 0 saturated carbocycles. The van der Waals surface area contributed by atoms with Crippen molar-refractivity contribution in [1.29, 1.82) is 0 Å². The van der Waals surface area contributed by atoms with Crippen molar-refractivity contribution in [3.05, 3.63) is 54.1 Å². The molecule has 0 saturated heterocycles. The molecule has 0 spiro atoms. The van der Waals surface area contributed by atoms with Gasteiger partial charge in [0, 0.05) is 10.6 Å². The second kappa shape index (κ2) is 6.38. The maximum Gasteiger partial charge on any atom is 0.119 e. The molecule has 100 valence electrons. The van der Waals surface area contributed by atoms with Crippen LogP contribution < -0.4 is 10.5 Å². The van der Waals surface area contributed by atoms with Gasteiger partial charge in [-0.3, -0.25) is 4.21 Å². The van der Waals surface area contributed by atoms with Gasteiger partial charge >= 0.3 is 0 Å². The Morgan fingerprint density at radius 3 is 2.58 bits per heavy atom. The predicted octanol–water partition coefficient (Wildman–Crippen LogP) is 2.76. The maximum absolute atomic E-state index is 12.2. The SMILES string of the molecule is Cc1cc(N)ccc1S(=O)CCOc1ccccc1. The van der Waals surface area contributed by atoms with Crippen LogP contribution in [0.5, 0.6) is 5.75 Å². The summed E-state index contributed by atoms with van der Waals surface area (Å²) in [7, 11) is -1.06. The van der Waals surface area contributed by atoms with Crippen LogP contribution in [0.25, 0.3) is 0 Å². The fourth-order valence-corrected chi connectivity index (χ4v) is 2.88. The fraction of sp³-hybridized carbons (Fsp3) is 0.200. The lowest BCUT2D eigenvalue weighted by atomic mass is 10.2. The van der Waals surface area contributed by atoms with Crippen molar-refractivity contribution in [2.45, 2.75) is 11.8 Å². The van der Waals surface area contributed by atoms with Crippen LogP contribution in [0.4, 0.5) is 5.69 Å². The highest BCUT2D eigenvalue weighted by molar-refractivity contribution is 7.85. The molecule has 0 fully saturated rings. The zero-order valence-electron chi connectivity index (χ0n) is 10.8. The second-order valence-corrected chi connectivity index (χ2v) is 5.78. The number of ether oxygens (including phenoxy) is 1. The monoisotopic (exact) mass is 275 g/mol. The van der Waals surface area contributed by atoms with Gasteiger partial charge in [0.2, 0.25) is 0 Å². The molecule has 2 aromatic carbocycles. The number of benzene rings is 2. The molecule has 3 nitrogen and oxygen atoms in total. The minimum atomic E-state index is -1.06. The van der Waals surface area contributed by atoms with Crippen LogP contribution in [0.1, 0.15) is 5.56 Å². The van der Waals surface area contributed by atoms with E-state index in [4.69, 9.17) is 10.5 Å². The molecule has 2 rings (SSSR count). The number of hydrogen-bond acceptors (Lipinski definition) is 3. The Morgan fingerprint density at radius 1 is 1.16 bits per heavy atom. The minimum absolute atomic E-state index is 0.431. The summed E-state index contributed by atoms with van der Waals surface area (Å²) in [6.07, 6.45) is 0. The summed E-state index contributed by atoms with van der Waals surface area (Å²) < 4.78 is 17.7. The zero-order chi connectivity index (χ0) is 13.7. The smallest absolute Gasteiger partial charge is 0.119 e. The van der Waals surface area contributed by atoms with Crippen LogP contribution in [0.2, 0.25) is 0 Å². The van der Waals surface area contributed by atoms with E-state index in [1.807, 2.05) is 49.4 Å². The summed E-state index contributed by atoms with van der Waals surface area (Å²) in [5, 5.41) is 0. The van der Waals surface area contributed by atoms with Crippen LogP contribution in [0.3, 0.4) is 0 Å². The summed E-state index contributed by atoms with van der Waals surface area (Å²) in [5.74, 6) is 1.27. The lowest BCUT2D eigenvalue weighted by Gasteiger charge is -2.08. The van der Waals surface area contributed by atoms with Gasteiger partial charge in [-0.2, -0.15) is 0 Å². The highest BCUT2D eigenvalue weighted by Crippen LogP contribution is 2.17. The molecule has 1 unspecified atom stereocenters. The van der Waals surface area contributed by atoms with Crippen LogP contribution in [0.15, 0.2) is 53.4 Å². The van der Waals surface area contributed by atoms with Gasteiger partial charge in [-0.1, -0.05) is 18.2 Å². The van der Waals surface area contributed by atoms with Crippen LogP contribution >= 0.6 is 0 Å². The summed E-state index contributed by atoms with van der Waals surface area (Å²) in [6, 6.07) is 15.0. The molecule has 0 radical (unpaired) electrons. The number of rotatable bonds is 5. The predicted molar refractivity (Wildman–Crippen MR) is 78.8 cm³/mol. The van der Waals surface area contributed by atoms with Crippen molar-refractivity contribution in [3.63, 3.8) is 0 Å². The first-order valence-corrected chi connectivity index (χ1v) is 7.41. The third kappa shape index (κ3) is 3.83. The van der Waals surface area contributed by atoms with Crippen molar-refractivity contribution in [2.75, 3.05) is 18.1 Å². The Morgan fingerprint density at radius 2 is 1.89 bits per heavy atom. The summed E-state index contributed by atoms with van der Waals surface area (Å²) in [6.45, 7) is 2.35.